The molecule has 1 heterocycles. The number of nitrogens with zero attached hydrogens (tertiary/aromatic N) is 1. The Morgan fingerprint density at radius 2 is 1.82 bits per heavy atom. The maximum absolute atomic E-state index is 13.5. The Kier molecular flexibility index (Phi) is 6.58. The zero-order valence-corrected chi connectivity index (χ0v) is 18.8. The fraction of sp³-hybridized carbons (Fsp3) is 0.385. The first kappa shape index (κ1) is 23.1. The lowest BCUT2D eigenvalue weighted by Crippen LogP contribution is -2.40. The van der Waals surface area contributed by atoms with Gasteiger partial charge in [-0.3, -0.25) is 4.79 Å². The number of pyridine rings is 1. The molecule has 0 saturated heterocycles. The molecule has 7 heteroatoms. The van der Waals surface area contributed by atoms with Crippen molar-refractivity contribution in [2.75, 3.05) is 11.9 Å². The zero-order chi connectivity index (χ0) is 23.6. The van der Waals surface area contributed by atoms with Crippen molar-refractivity contribution in [3.63, 3.8) is 0 Å². The Morgan fingerprint density at radius 3 is 2.58 bits per heavy atom. The molecule has 1 aliphatic carbocycles. The maximum atomic E-state index is 13.5. The summed E-state index contributed by atoms with van der Waals surface area (Å²) in [6.45, 7) is 4.28. The molecule has 174 valence electrons. The summed E-state index contributed by atoms with van der Waals surface area (Å²) in [6.07, 6.45) is -0.758. The summed E-state index contributed by atoms with van der Waals surface area (Å²) in [5.74, 6) is -0.00385. The maximum Gasteiger partial charge on any atom is 0.433 e. The number of fused-ring (bicyclic) bond motifs is 1. The third-order valence-electron chi connectivity index (χ3n) is 6.42. The molecule has 33 heavy (non-hydrogen) atoms. The van der Waals surface area contributed by atoms with Gasteiger partial charge in [0.25, 0.3) is 5.91 Å². The Hall–Kier alpha value is -3.09. The Balaban J connectivity index is 1.57. The lowest BCUT2D eigenvalue weighted by Gasteiger charge is -2.33. The second-order valence-corrected chi connectivity index (χ2v) is 8.89. The van der Waals surface area contributed by atoms with E-state index in [1.54, 1.807) is 18.2 Å². The van der Waals surface area contributed by atoms with E-state index in [0.717, 1.165) is 42.9 Å². The molecular formula is C26H28F3N3O. The second-order valence-electron chi connectivity index (χ2n) is 8.89. The van der Waals surface area contributed by atoms with Crippen LogP contribution < -0.4 is 10.6 Å². The van der Waals surface area contributed by atoms with Gasteiger partial charge in [0, 0.05) is 29.2 Å². The minimum atomic E-state index is -4.52. The number of rotatable bonds is 5. The molecule has 4 nitrogen and oxygen atoms in total. The SMILES string of the molecule is Cc1ccc2nc(C(F)(F)F)cc(N[C@H]3CCCCC3CNC(=O)c3ccccc3C)c2c1. The van der Waals surface area contributed by atoms with Crippen molar-refractivity contribution in [2.24, 2.45) is 5.92 Å². The van der Waals surface area contributed by atoms with Gasteiger partial charge in [0.2, 0.25) is 0 Å². The van der Waals surface area contributed by atoms with Gasteiger partial charge >= 0.3 is 6.18 Å². The lowest BCUT2D eigenvalue weighted by atomic mass is 9.84. The highest BCUT2D eigenvalue weighted by atomic mass is 19.4. The van der Waals surface area contributed by atoms with Crippen LogP contribution in [0.1, 0.15) is 52.9 Å². The molecule has 1 saturated carbocycles. The summed E-state index contributed by atoms with van der Waals surface area (Å²) in [5, 5.41) is 7.11. The van der Waals surface area contributed by atoms with Gasteiger partial charge in [0.1, 0.15) is 5.69 Å². The van der Waals surface area contributed by atoms with Crippen molar-refractivity contribution in [1.29, 1.82) is 0 Å². The van der Waals surface area contributed by atoms with Gasteiger partial charge in [-0.25, -0.2) is 4.98 Å². The smallest absolute Gasteiger partial charge is 0.381 e. The van der Waals surface area contributed by atoms with Crippen molar-refractivity contribution >= 4 is 22.5 Å². The molecule has 1 aliphatic rings. The largest absolute Gasteiger partial charge is 0.433 e. The number of anilines is 1. The third kappa shape index (κ3) is 5.29. The average molecular weight is 456 g/mol. The number of hydrogen-bond donors (Lipinski definition) is 2. The predicted octanol–water partition coefficient (Wildman–Crippen LogP) is 6.27. The van der Waals surface area contributed by atoms with E-state index in [4.69, 9.17) is 0 Å². The molecular weight excluding hydrogens is 427 g/mol. The Bertz CT molecular complexity index is 1160. The highest BCUT2D eigenvalue weighted by molar-refractivity contribution is 5.95. The number of nitrogens with one attached hydrogen (secondary N) is 2. The fourth-order valence-corrected chi connectivity index (χ4v) is 4.59. The van der Waals surface area contributed by atoms with E-state index in [2.05, 4.69) is 15.6 Å². The van der Waals surface area contributed by atoms with Crippen molar-refractivity contribution in [2.45, 2.75) is 51.7 Å². The number of amides is 1. The van der Waals surface area contributed by atoms with Crippen LogP contribution in [0.5, 0.6) is 0 Å². The molecule has 2 N–H and O–H groups in total. The summed E-state index contributed by atoms with van der Waals surface area (Å²) in [6, 6.07) is 13.8. The summed E-state index contributed by atoms with van der Waals surface area (Å²) < 4.78 is 40.5. The minimum Gasteiger partial charge on any atom is -0.381 e. The summed E-state index contributed by atoms with van der Waals surface area (Å²) in [5.41, 5.74) is 2.37. The molecule has 0 aliphatic heterocycles. The van der Waals surface area contributed by atoms with Crippen molar-refractivity contribution < 1.29 is 18.0 Å². The highest BCUT2D eigenvalue weighted by Gasteiger charge is 2.34. The first-order valence-corrected chi connectivity index (χ1v) is 11.3. The van der Waals surface area contributed by atoms with E-state index in [0.29, 0.717) is 28.7 Å². The molecule has 0 spiro atoms. The number of halogens is 3. The second kappa shape index (κ2) is 9.41. The van der Waals surface area contributed by atoms with E-state index < -0.39 is 11.9 Å². The van der Waals surface area contributed by atoms with Gasteiger partial charge in [0.15, 0.2) is 0 Å². The Morgan fingerprint density at radius 1 is 1.06 bits per heavy atom. The van der Waals surface area contributed by atoms with Crippen LogP contribution in [-0.2, 0) is 6.18 Å². The predicted molar refractivity (Wildman–Crippen MR) is 124 cm³/mol. The Labute approximate surface area is 191 Å². The number of benzene rings is 2. The van der Waals surface area contributed by atoms with Crippen LogP contribution in [0.15, 0.2) is 48.5 Å². The van der Waals surface area contributed by atoms with Gasteiger partial charge in [-0.15, -0.1) is 0 Å². The van der Waals surface area contributed by atoms with E-state index >= 15 is 0 Å². The van der Waals surface area contributed by atoms with Crippen LogP contribution >= 0.6 is 0 Å². The van der Waals surface area contributed by atoms with Crippen molar-refractivity contribution in [3.8, 4) is 0 Å². The van der Waals surface area contributed by atoms with Gasteiger partial charge in [-0.1, -0.05) is 42.7 Å². The van der Waals surface area contributed by atoms with Crippen LogP contribution in [0.4, 0.5) is 18.9 Å². The molecule has 1 unspecified atom stereocenters. The summed E-state index contributed by atoms with van der Waals surface area (Å²) in [4.78, 5) is 16.5. The number of carbonyl (C=O) groups excluding carboxylic acids is 1. The standard InChI is InChI=1S/C26H28F3N3O/c1-16-11-12-22-20(13-16)23(14-24(32-22)26(27,28)29)31-21-10-6-4-8-18(21)15-30-25(33)19-9-5-3-7-17(19)2/h3,5,7,9,11-14,18,21H,4,6,8,10,15H2,1-2H3,(H,30,33)(H,31,32)/t18?,21-/m0/s1. The molecule has 1 fully saturated rings. The first-order valence-electron chi connectivity index (χ1n) is 11.3. The quantitative estimate of drug-likeness (QED) is 0.477. The zero-order valence-electron chi connectivity index (χ0n) is 18.8. The van der Waals surface area contributed by atoms with Crippen molar-refractivity contribution in [3.05, 3.63) is 70.9 Å². The molecule has 2 atom stereocenters. The average Bonchev–Trinajstić information content (AvgIpc) is 2.78. The van der Waals surface area contributed by atoms with Gasteiger partial charge < -0.3 is 10.6 Å². The lowest BCUT2D eigenvalue weighted by molar-refractivity contribution is -0.140. The minimum absolute atomic E-state index is 0.0388. The first-order chi connectivity index (χ1) is 15.7. The monoisotopic (exact) mass is 455 g/mol. The van der Waals surface area contributed by atoms with Gasteiger partial charge in [-0.05, 0) is 62.4 Å². The number of carbonyl (C=O) groups is 1. The summed E-state index contributed by atoms with van der Waals surface area (Å²) in [7, 11) is 0. The van der Waals surface area contributed by atoms with Crippen LogP contribution in [0.2, 0.25) is 0 Å². The third-order valence-corrected chi connectivity index (χ3v) is 6.42. The van der Waals surface area contributed by atoms with E-state index in [9.17, 15) is 18.0 Å². The topological polar surface area (TPSA) is 54.0 Å². The summed E-state index contributed by atoms with van der Waals surface area (Å²) >= 11 is 0. The van der Waals surface area contributed by atoms with Gasteiger partial charge in [-0.2, -0.15) is 13.2 Å². The van der Waals surface area contributed by atoms with E-state index in [-0.39, 0.29) is 17.9 Å². The molecule has 1 aromatic heterocycles. The highest BCUT2D eigenvalue weighted by Crippen LogP contribution is 2.35. The molecule has 1 amide bonds. The van der Waals surface area contributed by atoms with Crippen LogP contribution in [0.25, 0.3) is 10.9 Å². The molecule has 0 bridgehead atoms. The van der Waals surface area contributed by atoms with E-state index in [1.165, 1.54) is 0 Å². The number of aryl methyl sites for hydroxylation is 2. The van der Waals surface area contributed by atoms with Crippen LogP contribution in [-0.4, -0.2) is 23.5 Å². The molecule has 4 rings (SSSR count). The fourth-order valence-electron chi connectivity index (χ4n) is 4.59. The molecule has 2 aromatic carbocycles. The van der Waals surface area contributed by atoms with Crippen LogP contribution in [0, 0.1) is 19.8 Å². The van der Waals surface area contributed by atoms with Crippen LogP contribution in [0.3, 0.4) is 0 Å². The number of alkyl halides is 3. The molecule has 0 radical (unpaired) electrons. The number of aromatic nitrogens is 1. The number of hydrogen-bond acceptors (Lipinski definition) is 3. The van der Waals surface area contributed by atoms with Gasteiger partial charge in [0.05, 0.1) is 5.52 Å². The molecule has 3 aromatic rings. The normalized spacial score (nSPS) is 18.8. The van der Waals surface area contributed by atoms with E-state index in [1.807, 2.05) is 38.1 Å². The van der Waals surface area contributed by atoms with Crippen molar-refractivity contribution in [1.82, 2.24) is 10.3 Å².